The van der Waals surface area contributed by atoms with Gasteiger partial charge in [0.05, 0.1) is 12.8 Å². The van der Waals surface area contributed by atoms with Crippen LogP contribution in [0.1, 0.15) is 0 Å². The van der Waals surface area contributed by atoms with Gasteiger partial charge in [0.1, 0.15) is 18.0 Å². The van der Waals surface area contributed by atoms with Crippen LogP contribution in [0.25, 0.3) is 11.4 Å². The quantitative estimate of drug-likeness (QED) is 0.366. The molecule has 0 unspecified atom stereocenters. The molecule has 3 aromatic carbocycles. The Morgan fingerprint density at radius 2 is 1.63 bits per heavy atom. The summed E-state index contributed by atoms with van der Waals surface area (Å²) in [5.41, 5.74) is 1.65. The number of aromatic nitrogens is 4. The number of halogens is 1. The number of nitrogens with one attached hydrogen (secondary N) is 2. The summed E-state index contributed by atoms with van der Waals surface area (Å²) in [7, 11) is 1.57. The number of ether oxygens (including phenoxy) is 2. The number of tetrazole rings is 1. The van der Waals surface area contributed by atoms with Crippen LogP contribution in [-0.4, -0.2) is 45.7 Å². The molecule has 1 aromatic heterocycles. The van der Waals surface area contributed by atoms with Crippen molar-refractivity contribution in [3.05, 3.63) is 77.8 Å². The van der Waals surface area contributed by atoms with E-state index < -0.39 is 0 Å². The molecule has 0 aliphatic carbocycles. The van der Waals surface area contributed by atoms with Crippen LogP contribution in [0, 0.1) is 0 Å². The highest BCUT2D eigenvalue weighted by Gasteiger charge is 2.15. The first-order chi connectivity index (χ1) is 17.0. The summed E-state index contributed by atoms with van der Waals surface area (Å²) in [5.74, 6) is 0.790. The number of hydrogen-bond acceptors (Lipinski definition) is 7. The first kappa shape index (κ1) is 23.7. The second-order valence-electron chi connectivity index (χ2n) is 7.26. The number of carbonyl (C=O) groups is 2. The molecule has 178 valence electrons. The number of carbonyl (C=O) groups excluding carboxylic acids is 2. The molecule has 4 aromatic rings. The summed E-state index contributed by atoms with van der Waals surface area (Å²) in [6, 6.07) is 20.7. The van der Waals surface area contributed by atoms with E-state index in [0.29, 0.717) is 33.5 Å². The first-order valence-corrected chi connectivity index (χ1v) is 10.9. The number of nitrogens with zero attached hydrogens (tertiary/aromatic N) is 4. The number of amides is 2. The lowest BCUT2D eigenvalue weighted by molar-refractivity contribution is -0.118. The van der Waals surface area contributed by atoms with Crippen molar-refractivity contribution in [3.63, 3.8) is 0 Å². The molecule has 0 spiro atoms. The van der Waals surface area contributed by atoms with Crippen LogP contribution in [-0.2, 0) is 16.1 Å². The predicted molar refractivity (Wildman–Crippen MR) is 130 cm³/mol. The molecule has 0 saturated heterocycles. The number of hydrogen-bond donors (Lipinski definition) is 2. The van der Waals surface area contributed by atoms with Crippen molar-refractivity contribution < 1.29 is 19.1 Å². The zero-order valence-corrected chi connectivity index (χ0v) is 19.4. The van der Waals surface area contributed by atoms with E-state index in [1.54, 1.807) is 79.9 Å². The monoisotopic (exact) mass is 492 g/mol. The van der Waals surface area contributed by atoms with Crippen molar-refractivity contribution in [2.75, 3.05) is 24.4 Å². The van der Waals surface area contributed by atoms with Gasteiger partial charge in [-0.2, -0.15) is 4.80 Å². The number of benzene rings is 3. The molecule has 4 rings (SSSR count). The minimum Gasteiger partial charge on any atom is -0.497 e. The maximum atomic E-state index is 12.4. The van der Waals surface area contributed by atoms with Gasteiger partial charge in [-0.05, 0) is 65.9 Å². The fraction of sp³-hybridized carbons (Fsp3) is 0.125. The minimum atomic E-state index is -0.362. The van der Waals surface area contributed by atoms with E-state index in [1.807, 2.05) is 0 Å². The molecule has 0 atom stereocenters. The zero-order valence-electron chi connectivity index (χ0n) is 18.6. The summed E-state index contributed by atoms with van der Waals surface area (Å²) in [5, 5.41) is 18.4. The summed E-state index contributed by atoms with van der Waals surface area (Å²) < 4.78 is 10.6. The highest BCUT2D eigenvalue weighted by atomic mass is 35.5. The van der Waals surface area contributed by atoms with Crippen LogP contribution < -0.4 is 20.1 Å². The zero-order chi connectivity index (χ0) is 24.6. The summed E-state index contributed by atoms with van der Waals surface area (Å²) >= 11 is 5.85. The van der Waals surface area contributed by atoms with E-state index >= 15 is 0 Å². The third-order valence-corrected chi connectivity index (χ3v) is 4.99. The summed E-state index contributed by atoms with van der Waals surface area (Å²) in [6.45, 7) is -0.329. The lowest BCUT2D eigenvalue weighted by atomic mass is 10.1. The largest absolute Gasteiger partial charge is 0.497 e. The molecule has 10 nitrogen and oxygen atoms in total. The Hall–Kier alpha value is -4.44. The van der Waals surface area contributed by atoms with Crippen molar-refractivity contribution in [1.29, 1.82) is 0 Å². The van der Waals surface area contributed by atoms with Gasteiger partial charge in [-0.25, -0.2) is 0 Å². The fourth-order valence-corrected chi connectivity index (χ4v) is 3.20. The smallest absolute Gasteiger partial charge is 0.262 e. The first-order valence-electron chi connectivity index (χ1n) is 10.5. The summed E-state index contributed by atoms with van der Waals surface area (Å²) in [4.78, 5) is 25.9. The van der Waals surface area contributed by atoms with Gasteiger partial charge in [0.25, 0.3) is 5.91 Å². The topological polar surface area (TPSA) is 120 Å². The normalized spacial score (nSPS) is 10.5. The molecular weight excluding hydrogens is 472 g/mol. The van der Waals surface area contributed by atoms with Crippen LogP contribution >= 0.6 is 11.6 Å². The number of rotatable bonds is 9. The van der Waals surface area contributed by atoms with Gasteiger partial charge in [-0.15, -0.1) is 10.2 Å². The Kier molecular flexibility index (Phi) is 7.53. The van der Waals surface area contributed by atoms with Crippen molar-refractivity contribution in [2.24, 2.45) is 0 Å². The van der Waals surface area contributed by atoms with Crippen molar-refractivity contribution in [1.82, 2.24) is 20.2 Å². The van der Waals surface area contributed by atoms with Gasteiger partial charge in [-0.3, -0.25) is 9.59 Å². The van der Waals surface area contributed by atoms with Gasteiger partial charge >= 0.3 is 0 Å². The van der Waals surface area contributed by atoms with Crippen LogP contribution in [0.4, 0.5) is 11.4 Å². The van der Waals surface area contributed by atoms with Gasteiger partial charge in [-0.1, -0.05) is 23.7 Å². The second kappa shape index (κ2) is 11.1. The number of methoxy groups -OCH3 is 1. The predicted octanol–water partition coefficient (Wildman–Crippen LogP) is 3.66. The Bertz CT molecular complexity index is 1310. The SMILES string of the molecule is COc1ccc(NC(=O)Cn2nnc(-c3ccccc3NC(=O)COc3ccc(Cl)cc3)n2)cc1. The van der Waals surface area contributed by atoms with Gasteiger partial charge in [0.15, 0.2) is 6.61 Å². The molecule has 2 N–H and O–H groups in total. The highest BCUT2D eigenvalue weighted by Crippen LogP contribution is 2.24. The average Bonchev–Trinajstić information content (AvgIpc) is 3.32. The Labute approximate surface area is 205 Å². The molecule has 0 radical (unpaired) electrons. The van der Waals surface area contributed by atoms with Crippen LogP contribution in [0.5, 0.6) is 11.5 Å². The van der Waals surface area contributed by atoms with Gasteiger partial charge < -0.3 is 20.1 Å². The summed E-state index contributed by atoms with van der Waals surface area (Å²) in [6.07, 6.45) is 0. The Morgan fingerprint density at radius 1 is 0.914 bits per heavy atom. The minimum absolute atomic E-state index is 0.136. The molecule has 0 saturated carbocycles. The lowest BCUT2D eigenvalue weighted by Crippen LogP contribution is -2.21. The molecule has 0 aliphatic rings. The molecule has 2 amide bonds. The molecule has 11 heteroatoms. The van der Waals surface area contributed by atoms with E-state index in [4.69, 9.17) is 21.1 Å². The Balaban J connectivity index is 1.37. The second-order valence-corrected chi connectivity index (χ2v) is 7.69. The average molecular weight is 493 g/mol. The third kappa shape index (κ3) is 6.55. The van der Waals surface area contributed by atoms with Gasteiger partial charge in [0.2, 0.25) is 11.7 Å². The maximum absolute atomic E-state index is 12.4. The van der Waals surface area contributed by atoms with Crippen LogP contribution in [0.3, 0.4) is 0 Å². The molecule has 1 heterocycles. The fourth-order valence-electron chi connectivity index (χ4n) is 3.07. The van der Waals surface area contributed by atoms with E-state index in [-0.39, 0.29) is 30.8 Å². The standard InChI is InChI=1S/C24H21ClN6O4/c1-34-18-12-8-17(9-13-18)26-22(32)14-31-29-24(28-30-31)20-4-2-3-5-21(20)27-23(33)15-35-19-10-6-16(25)7-11-19/h2-13H,14-15H2,1H3,(H,26,32)(H,27,33). The highest BCUT2D eigenvalue weighted by molar-refractivity contribution is 6.30. The van der Waals surface area contributed by atoms with Gasteiger partial charge in [0, 0.05) is 16.3 Å². The Morgan fingerprint density at radius 3 is 2.37 bits per heavy atom. The van der Waals surface area contributed by atoms with Crippen molar-refractivity contribution in [3.8, 4) is 22.9 Å². The van der Waals surface area contributed by atoms with E-state index in [2.05, 4.69) is 26.0 Å². The van der Waals surface area contributed by atoms with E-state index in [0.717, 1.165) is 0 Å². The van der Waals surface area contributed by atoms with Crippen molar-refractivity contribution in [2.45, 2.75) is 6.54 Å². The lowest BCUT2D eigenvalue weighted by Gasteiger charge is -2.10. The molecule has 0 aliphatic heterocycles. The van der Waals surface area contributed by atoms with E-state index in [9.17, 15) is 9.59 Å². The van der Waals surface area contributed by atoms with Crippen LogP contribution in [0.2, 0.25) is 5.02 Å². The van der Waals surface area contributed by atoms with Crippen LogP contribution in [0.15, 0.2) is 72.8 Å². The maximum Gasteiger partial charge on any atom is 0.262 e. The van der Waals surface area contributed by atoms with E-state index in [1.165, 1.54) is 4.80 Å². The number of para-hydroxylation sites is 1. The third-order valence-electron chi connectivity index (χ3n) is 4.74. The molecule has 0 fully saturated rings. The number of anilines is 2. The van der Waals surface area contributed by atoms with Crippen molar-refractivity contribution >= 4 is 34.8 Å². The molecule has 35 heavy (non-hydrogen) atoms. The molecule has 0 bridgehead atoms. The molecular formula is C24H21ClN6O4.